The van der Waals surface area contributed by atoms with Gasteiger partial charge in [0, 0.05) is 46.5 Å². The lowest BCUT2D eigenvalue weighted by Gasteiger charge is -2.30. The monoisotopic (exact) mass is 553 g/mol. The van der Waals surface area contributed by atoms with Crippen LogP contribution in [0.25, 0.3) is 0 Å². The molecule has 0 radical (unpaired) electrons. The summed E-state index contributed by atoms with van der Waals surface area (Å²) in [5.74, 6) is 1.92. The zero-order chi connectivity index (χ0) is 20.6. The average molecular weight is 553 g/mol. The van der Waals surface area contributed by atoms with Crippen LogP contribution in [0.4, 0.5) is 4.39 Å². The Kier molecular flexibility index (Phi) is 10.8. The van der Waals surface area contributed by atoms with Crippen LogP contribution in [0.2, 0.25) is 0 Å². The Bertz CT molecular complexity index is 750. The highest BCUT2D eigenvalue weighted by molar-refractivity contribution is 14.0. The number of rotatable bonds is 7. The number of nitrogens with zero attached hydrogens (tertiary/aromatic N) is 1. The van der Waals surface area contributed by atoms with Gasteiger partial charge in [-0.1, -0.05) is 13.3 Å². The third kappa shape index (κ3) is 7.05. The van der Waals surface area contributed by atoms with Gasteiger partial charge in [-0.3, -0.25) is 9.20 Å². The van der Waals surface area contributed by atoms with Crippen molar-refractivity contribution in [2.45, 2.75) is 63.9 Å². The second-order valence-electron chi connectivity index (χ2n) is 7.47. The van der Waals surface area contributed by atoms with E-state index < -0.39 is 10.8 Å². The van der Waals surface area contributed by atoms with Crippen LogP contribution in [-0.2, 0) is 28.6 Å². The number of halogens is 2. The molecule has 3 unspecified atom stereocenters. The van der Waals surface area contributed by atoms with E-state index in [0.717, 1.165) is 60.8 Å². The molecule has 6 nitrogen and oxygen atoms in total. The lowest BCUT2D eigenvalue weighted by molar-refractivity contribution is -0.0172. The van der Waals surface area contributed by atoms with Crippen molar-refractivity contribution in [2.24, 2.45) is 4.99 Å². The summed E-state index contributed by atoms with van der Waals surface area (Å²) in [6.07, 6.45) is 4.69. The van der Waals surface area contributed by atoms with Crippen LogP contribution >= 0.6 is 24.0 Å². The summed E-state index contributed by atoms with van der Waals surface area (Å²) >= 11 is 0. The van der Waals surface area contributed by atoms with Gasteiger partial charge in [0.15, 0.2) is 12.8 Å². The van der Waals surface area contributed by atoms with Crippen molar-refractivity contribution in [1.82, 2.24) is 10.6 Å². The second kappa shape index (κ2) is 12.8. The van der Waals surface area contributed by atoms with E-state index in [-0.39, 0.29) is 47.9 Å². The average Bonchev–Trinajstić information content (AvgIpc) is 2.73. The summed E-state index contributed by atoms with van der Waals surface area (Å²) in [5, 5.41) is 7.06. The van der Waals surface area contributed by atoms with Gasteiger partial charge < -0.3 is 20.1 Å². The van der Waals surface area contributed by atoms with Gasteiger partial charge in [0.1, 0.15) is 11.6 Å². The van der Waals surface area contributed by atoms with Crippen molar-refractivity contribution < 1.29 is 18.1 Å². The summed E-state index contributed by atoms with van der Waals surface area (Å²) in [7, 11) is -0.747. The molecule has 9 heteroatoms. The van der Waals surface area contributed by atoms with Gasteiger partial charge >= 0.3 is 0 Å². The largest absolute Gasteiger partial charge is 0.467 e. The van der Waals surface area contributed by atoms with Gasteiger partial charge in [-0.05, 0) is 50.3 Å². The number of hydrogen-bond acceptors (Lipinski definition) is 4. The van der Waals surface area contributed by atoms with Crippen LogP contribution in [0, 0.1) is 5.82 Å². The molecule has 1 aliphatic carbocycles. The van der Waals surface area contributed by atoms with Crippen LogP contribution in [0.3, 0.4) is 0 Å². The molecule has 1 heterocycles. The minimum Gasteiger partial charge on any atom is -0.467 e. The highest BCUT2D eigenvalue weighted by Crippen LogP contribution is 2.29. The molecule has 30 heavy (non-hydrogen) atoms. The SMILES string of the molecule is CCNC(=NCCc1cc(F)cc2c1OCOC2)NC1CCCC(S(=O)CC)C1.I. The molecule has 0 saturated heterocycles. The minimum absolute atomic E-state index is 0. The smallest absolute Gasteiger partial charge is 0.191 e. The van der Waals surface area contributed by atoms with E-state index in [2.05, 4.69) is 15.6 Å². The third-order valence-electron chi connectivity index (χ3n) is 5.37. The number of nitrogens with one attached hydrogen (secondary N) is 2. The van der Waals surface area contributed by atoms with Crippen molar-refractivity contribution in [3.63, 3.8) is 0 Å². The molecule has 1 fully saturated rings. The summed E-state index contributed by atoms with van der Waals surface area (Å²) in [6, 6.07) is 3.27. The maximum Gasteiger partial charge on any atom is 0.191 e. The highest BCUT2D eigenvalue weighted by atomic mass is 127. The van der Waals surface area contributed by atoms with Crippen LogP contribution in [0.5, 0.6) is 5.75 Å². The first kappa shape index (κ1) is 25.3. The van der Waals surface area contributed by atoms with E-state index >= 15 is 0 Å². The molecule has 170 valence electrons. The van der Waals surface area contributed by atoms with Crippen LogP contribution in [0.1, 0.15) is 50.7 Å². The number of fused-ring (bicyclic) bond motifs is 1. The molecule has 1 aliphatic heterocycles. The first-order valence-electron chi connectivity index (χ1n) is 10.5. The molecule has 0 bridgehead atoms. The van der Waals surface area contributed by atoms with Crippen molar-refractivity contribution in [3.05, 3.63) is 29.1 Å². The number of ether oxygens (including phenoxy) is 2. The summed E-state index contributed by atoms with van der Waals surface area (Å²) in [5.41, 5.74) is 1.57. The molecule has 0 aromatic heterocycles. The van der Waals surface area contributed by atoms with Gasteiger partial charge in [0.25, 0.3) is 0 Å². The Balaban J connectivity index is 0.00000320. The van der Waals surface area contributed by atoms with Gasteiger partial charge in [0.2, 0.25) is 0 Å². The lowest BCUT2D eigenvalue weighted by atomic mass is 9.95. The Morgan fingerprint density at radius 1 is 1.33 bits per heavy atom. The molecule has 0 spiro atoms. The van der Waals surface area contributed by atoms with Crippen molar-refractivity contribution in [3.8, 4) is 5.75 Å². The van der Waals surface area contributed by atoms with E-state index in [9.17, 15) is 8.60 Å². The van der Waals surface area contributed by atoms with E-state index in [4.69, 9.17) is 9.47 Å². The third-order valence-corrected chi connectivity index (χ3v) is 7.11. The molecular weight excluding hydrogens is 520 g/mol. The fourth-order valence-electron chi connectivity index (χ4n) is 3.99. The van der Waals surface area contributed by atoms with Gasteiger partial charge in [0.05, 0.1) is 6.61 Å². The number of guanidine groups is 1. The first-order chi connectivity index (χ1) is 14.1. The topological polar surface area (TPSA) is 72.0 Å². The van der Waals surface area contributed by atoms with Crippen LogP contribution < -0.4 is 15.4 Å². The Morgan fingerprint density at radius 3 is 2.93 bits per heavy atom. The molecule has 0 amide bonds. The second-order valence-corrected chi connectivity index (χ2v) is 9.48. The van der Waals surface area contributed by atoms with E-state index in [0.29, 0.717) is 19.6 Å². The summed E-state index contributed by atoms with van der Waals surface area (Å²) in [4.78, 5) is 4.68. The standard InChI is InChI=1S/C21H32FN3O3S.HI/c1-3-23-21(25-18-6-5-7-19(12-18)29(26)4-2)24-9-8-15-10-17(22)11-16-13-27-14-28-20(15)16;/h10-11,18-19H,3-9,12-14H2,1-2H3,(H2,23,24,25);1H. The summed E-state index contributed by atoms with van der Waals surface area (Å²) < 4.78 is 36.9. The molecule has 2 aliphatic rings. The Morgan fingerprint density at radius 2 is 2.17 bits per heavy atom. The predicted molar refractivity (Wildman–Crippen MR) is 130 cm³/mol. The van der Waals surface area contributed by atoms with Crippen molar-refractivity contribution in [1.29, 1.82) is 0 Å². The maximum absolute atomic E-state index is 13.9. The maximum atomic E-state index is 13.9. The Labute approximate surface area is 198 Å². The quantitative estimate of drug-likeness (QED) is 0.308. The fourth-order valence-corrected chi connectivity index (χ4v) is 5.34. The number of hydrogen-bond donors (Lipinski definition) is 2. The van der Waals surface area contributed by atoms with Gasteiger partial charge in [-0.25, -0.2) is 4.39 Å². The number of aliphatic imine (C=N–C) groups is 1. The normalized spacial score (nSPS) is 22.3. The fraction of sp³-hybridized carbons (Fsp3) is 0.667. The zero-order valence-corrected chi connectivity index (χ0v) is 20.9. The van der Waals surface area contributed by atoms with Gasteiger partial charge in [-0.2, -0.15) is 0 Å². The van der Waals surface area contributed by atoms with E-state index in [1.54, 1.807) is 0 Å². The van der Waals surface area contributed by atoms with Gasteiger partial charge in [-0.15, -0.1) is 24.0 Å². The lowest BCUT2D eigenvalue weighted by Crippen LogP contribution is -2.46. The summed E-state index contributed by atoms with van der Waals surface area (Å²) in [6.45, 7) is 5.87. The van der Waals surface area contributed by atoms with Crippen LogP contribution in [0.15, 0.2) is 17.1 Å². The Hall–Kier alpha value is -0.940. The number of benzene rings is 1. The molecule has 1 aromatic carbocycles. The molecule has 3 atom stereocenters. The molecule has 1 saturated carbocycles. The molecule has 2 N–H and O–H groups in total. The molecular formula is C21H33FIN3O3S. The predicted octanol–water partition coefficient (Wildman–Crippen LogP) is 3.49. The van der Waals surface area contributed by atoms with E-state index in [1.807, 2.05) is 13.8 Å². The molecule has 1 aromatic rings. The highest BCUT2D eigenvalue weighted by Gasteiger charge is 2.26. The minimum atomic E-state index is -0.747. The molecule has 3 rings (SSSR count). The van der Waals surface area contributed by atoms with E-state index in [1.165, 1.54) is 12.1 Å². The zero-order valence-electron chi connectivity index (χ0n) is 17.7. The van der Waals surface area contributed by atoms with Crippen molar-refractivity contribution in [2.75, 3.05) is 25.6 Å². The first-order valence-corrected chi connectivity index (χ1v) is 11.9. The van der Waals surface area contributed by atoms with Crippen molar-refractivity contribution >= 4 is 40.7 Å². The van der Waals surface area contributed by atoms with Crippen LogP contribution in [-0.4, -0.2) is 47.1 Å².